The van der Waals surface area contributed by atoms with Gasteiger partial charge in [-0.3, -0.25) is 19.7 Å². The third-order valence-electron chi connectivity index (χ3n) is 5.52. The summed E-state index contributed by atoms with van der Waals surface area (Å²) in [6, 6.07) is 7.78. The molecule has 47 heavy (non-hydrogen) atoms. The van der Waals surface area contributed by atoms with E-state index >= 15 is 0 Å². The lowest BCUT2D eigenvalue weighted by Gasteiger charge is -2.43. The van der Waals surface area contributed by atoms with Crippen molar-refractivity contribution in [3.05, 3.63) is 54.6 Å². The SMILES string of the molecule is O=C(O)C(F)(F)F.O=C(O)C(F)(F)F.O=C(O)C(F)(F)F.O=C1COC2(COCCN(Cc3ccncc3)C2)CN1c1cccnc1. The van der Waals surface area contributed by atoms with Crippen molar-refractivity contribution in [2.45, 2.75) is 30.7 Å². The number of carbonyl (C=O) groups is 4. The first-order chi connectivity index (χ1) is 21.6. The number of amides is 1. The molecule has 1 unspecified atom stereocenters. The van der Waals surface area contributed by atoms with Crippen LogP contribution in [-0.2, 0) is 35.2 Å². The molecule has 13 nitrogen and oxygen atoms in total. The van der Waals surface area contributed by atoms with Gasteiger partial charge >= 0.3 is 36.4 Å². The predicted molar refractivity (Wildman–Crippen MR) is 137 cm³/mol. The molecule has 0 saturated carbocycles. The molecule has 3 N–H and O–H groups in total. The molecular formula is C25H25F9N4O9. The molecule has 2 aliphatic rings. The van der Waals surface area contributed by atoms with Crippen molar-refractivity contribution in [2.24, 2.45) is 0 Å². The van der Waals surface area contributed by atoms with Crippen molar-refractivity contribution in [3.8, 4) is 0 Å². The lowest BCUT2D eigenvalue weighted by atomic mass is 10.0. The number of hydrogen-bond acceptors (Lipinski definition) is 9. The van der Waals surface area contributed by atoms with E-state index in [2.05, 4.69) is 14.9 Å². The van der Waals surface area contributed by atoms with Gasteiger partial charge in [0.1, 0.15) is 12.2 Å². The molecule has 2 aromatic heterocycles. The standard InChI is InChI=1S/C19H22N4O3.3C2HF3O2/c24-18-12-26-19(14-23(18)17-2-1-5-21-10-17)13-22(8-9-25-15-19)11-16-3-6-20-7-4-16;3*3-2(4,5)1(6)7/h1-7,10H,8-9,11-15H2;3*(H,6,7). The van der Waals surface area contributed by atoms with Gasteiger partial charge in [-0.2, -0.15) is 39.5 Å². The van der Waals surface area contributed by atoms with E-state index in [1.54, 1.807) is 29.7 Å². The molecule has 1 amide bonds. The summed E-state index contributed by atoms with van der Waals surface area (Å²) >= 11 is 0. The van der Waals surface area contributed by atoms with Crippen LogP contribution in [0.1, 0.15) is 5.56 Å². The quantitative estimate of drug-likeness (QED) is 0.400. The molecule has 0 aliphatic carbocycles. The van der Waals surface area contributed by atoms with E-state index in [4.69, 9.17) is 39.2 Å². The fraction of sp³-hybridized carbons (Fsp3) is 0.440. The number of carbonyl (C=O) groups excluding carboxylic acids is 1. The topological polar surface area (TPSA) is 180 Å². The Kier molecular flexibility index (Phi) is 15.0. The van der Waals surface area contributed by atoms with Crippen LogP contribution >= 0.6 is 0 Å². The minimum Gasteiger partial charge on any atom is -0.475 e. The molecule has 2 fully saturated rings. The Bertz CT molecular complexity index is 1260. The van der Waals surface area contributed by atoms with E-state index < -0.39 is 42.0 Å². The summed E-state index contributed by atoms with van der Waals surface area (Å²) in [6.07, 6.45) is -8.22. The number of nitrogens with zero attached hydrogens (tertiary/aromatic N) is 4. The number of morpholine rings is 1. The summed E-state index contributed by atoms with van der Waals surface area (Å²) in [5.74, 6) is -8.32. The summed E-state index contributed by atoms with van der Waals surface area (Å²) in [4.78, 5) is 51.4. The van der Waals surface area contributed by atoms with E-state index in [-0.39, 0.29) is 12.5 Å². The summed E-state index contributed by atoms with van der Waals surface area (Å²) < 4.78 is 107. The fourth-order valence-corrected chi connectivity index (χ4v) is 3.51. The molecular weight excluding hydrogens is 671 g/mol. The third-order valence-corrected chi connectivity index (χ3v) is 5.52. The Balaban J connectivity index is 0.000000430. The van der Waals surface area contributed by atoms with E-state index in [1.807, 2.05) is 24.3 Å². The highest BCUT2D eigenvalue weighted by molar-refractivity contribution is 5.95. The molecule has 2 aromatic rings. The van der Waals surface area contributed by atoms with Gasteiger partial charge in [0.15, 0.2) is 0 Å². The van der Waals surface area contributed by atoms with Crippen LogP contribution < -0.4 is 4.90 Å². The number of hydrogen-bond donors (Lipinski definition) is 3. The Morgan fingerprint density at radius 1 is 0.809 bits per heavy atom. The van der Waals surface area contributed by atoms with Gasteiger partial charge in [-0.15, -0.1) is 0 Å². The summed E-state index contributed by atoms with van der Waals surface area (Å²) in [5.41, 5.74) is 1.46. The van der Waals surface area contributed by atoms with Crippen LogP contribution in [0.15, 0.2) is 49.1 Å². The molecule has 0 bridgehead atoms. The van der Waals surface area contributed by atoms with Crippen LogP contribution in [0.3, 0.4) is 0 Å². The summed E-state index contributed by atoms with van der Waals surface area (Å²) in [6.45, 7) is 3.98. The van der Waals surface area contributed by atoms with Crippen LogP contribution in [0, 0.1) is 0 Å². The Morgan fingerprint density at radius 3 is 1.77 bits per heavy atom. The minimum absolute atomic E-state index is 0.0476. The largest absolute Gasteiger partial charge is 0.490 e. The van der Waals surface area contributed by atoms with Crippen LogP contribution in [-0.4, -0.2) is 118 Å². The zero-order valence-electron chi connectivity index (χ0n) is 23.6. The number of aromatic nitrogens is 2. The van der Waals surface area contributed by atoms with Crippen molar-refractivity contribution in [2.75, 3.05) is 44.4 Å². The van der Waals surface area contributed by atoms with Crippen molar-refractivity contribution < 1.29 is 83.5 Å². The van der Waals surface area contributed by atoms with E-state index in [9.17, 15) is 44.3 Å². The second-order valence-electron chi connectivity index (χ2n) is 9.19. The summed E-state index contributed by atoms with van der Waals surface area (Å²) in [5, 5.41) is 21.4. The molecule has 4 heterocycles. The predicted octanol–water partition coefficient (Wildman–Crippen LogP) is 3.01. The minimum atomic E-state index is -5.08. The highest BCUT2D eigenvalue weighted by Crippen LogP contribution is 2.27. The molecule has 4 rings (SSSR count). The highest BCUT2D eigenvalue weighted by atomic mass is 19.4. The smallest absolute Gasteiger partial charge is 0.475 e. The lowest BCUT2D eigenvalue weighted by Crippen LogP contribution is -2.60. The van der Waals surface area contributed by atoms with Gasteiger partial charge in [-0.25, -0.2) is 14.4 Å². The molecule has 1 spiro atoms. The van der Waals surface area contributed by atoms with Gasteiger partial charge in [0.05, 0.1) is 31.6 Å². The Labute approximate surface area is 258 Å². The zero-order chi connectivity index (χ0) is 36.1. The molecule has 262 valence electrons. The van der Waals surface area contributed by atoms with Gasteiger partial charge in [-0.1, -0.05) is 0 Å². The second kappa shape index (κ2) is 17.4. The third kappa shape index (κ3) is 15.0. The van der Waals surface area contributed by atoms with Gasteiger partial charge in [0.2, 0.25) is 0 Å². The van der Waals surface area contributed by atoms with E-state index in [1.165, 1.54) is 5.56 Å². The number of carboxylic acids is 3. The second-order valence-corrected chi connectivity index (χ2v) is 9.19. The number of carboxylic acid groups (broad SMARTS) is 3. The van der Waals surface area contributed by atoms with Crippen LogP contribution in [0.25, 0.3) is 0 Å². The number of alkyl halides is 9. The first kappa shape index (κ1) is 40.5. The Hall–Kier alpha value is -4.57. The number of aliphatic carboxylic acids is 3. The van der Waals surface area contributed by atoms with Gasteiger partial charge < -0.3 is 29.7 Å². The van der Waals surface area contributed by atoms with E-state index in [0.29, 0.717) is 26.3 Å². The maximum absolute atomic E-state index is 12.4. The van der Waals surface area contributed by atoms with Gasteiger partial charge in [-0.05, 0) is 29.8 Å². The monoisotopic (exact) mass is 696 g/mol. The number of halogens is 9. The maximum Gasteiger partial charge on any atom is 0.490 e. The zero-order valence-corrected chi connectivity index (χ0v) is 23.6. The van der Waals surface area contributed by atoms with Crippen LogP contribution in [0.2, 0.25) is 0 Å². The molecule has 1 atom stereocenters. The molecule has 2 aliphatic heterocycles. The van der Waals surface area contributed by atoms with Crippen molar-refractivity contribution in [3.63, 3.8) is 0 Å². The van der Waals surface area contributed by atoms with Crippen molar-refractivity contribution in [1.29, 1.82) is 0 Å². The fourth-order valence-electron chi connectivity index (χ4n) is 3.51. The molecule has 22 heteroatoms. The Morgan fingerprint density at radius 2 is 1.32 bits per heavy atom. The lowest BCUT2D eigenvalue weighted by molar-refractivity contribution is -0.193. The van der Waals surface area contributed by atoms with E-state index in [0.717, 1.165) is 18.8 Å². The van der Waals surface area contributed by atoms with Crippen LogP contribution in [0.5, 0.6) is 0 Å². The first-order valence-electron chi connectivity index (χ1n) is 12.5. The van der Waals surface area contributed by atoms with Crippen molar-refractivity contribution in [1.82, 2.24) is 14.9 Å². The number of pyridine rings is 2. The van der Waals surface area contributed by atoms with Gasteiger partial charge in [0.25, 0.3) is 5.91 Å². The normalized spacial score (nSPS) is 18.7. The molecule has 2 saturated heterocycles. The number of anilines is 1. The average molecular weight is 696 g/mol. The molecule has 0 radical (unpaired) electrons. The number of rotatable bonds is 3. The maximum atomic E-state index is 12.4. The van der Waals surface area contributed by atoms with Crippen LogP contribution in [0.4, 0.5) is 45.2 Å². The average Bonchev–Trinajstić information content (AvgIpc) is 3.16. The summed E-state index contributed by atoms with van der Waals surface area (Å²) in [7, 11) is 0. The highest BCUT2D eigenvalue weighted by Gasteiger charge is 2.43. The number of ether oxygens (including phenoxy) is 2. The molecule has 0 aromatic carbocycles. The van der Waals surface area contributed by atoms with Crippen molar-refractivity contribution >= 4 is 29.5 Å². The first-order valence-corrected chi connectivity index (χ1v) is 12.5. The van der Waals surface area contributed by atoms with Gasteiger partial charge in [0, 0.05) is 38.2 Å².